The topological polar surface area (TPSA) is 35.8 Å². The van der Waals surface area contributed by atoms with Crippen LogP contribution in [0.15, 0.2) is 18.2 Å². The quantitative estimate of drug-likeness (QED) is 0.839. The third-order valence-corrected chi connectivity index (χ3v) is 3.21. The van der Waals surface area contributed by atoms with Gasteiger partial charge in [-0.05, 0) is 44.0 Å². The molecule has 0 amide bonds. The lowest BCUT2D eigenvalue weighted by molar-refractivity contribution is 0.449. The summed E-state index contributed by atoms with van der Waals surface area (Å²) in [6.07, 6.45) is 0.870. The fourth-order valence-corrected chi connectivity index (χ4v) is 1.96. The predicted molar refractivity (Wildman–Crippen MR) is 67.1 cm³/mol. The Kier molecular flexibility index (Phi) is 4.52. The van der Waals surface area contributed by atoms with Gasteiger partial charge in [-0.3, -0.25) is 0 Å². The van der Waals surface area contributed by atoms with E-state index in [4.69, 9.17) is 5.26 Å². The molecule has 0 aliphatic carbocycles. The number of nitriles is 1. The number of rotatable bonds is 4. The van der Waals surface area contributed by atoms with Crippen LogP contribution in [0.1, 0.15) is 36.1 Å². The van der Waals surface area contributed by atoms with E-state index in [1.165, 1.54) is 16.7 Å². The third-order valence-electron chi connectivity index (χ3n) is 3.21. The standard InChI is InChI=1S/C14H20N2/c1-5-12(9-15)14(16-4)13-7-6-10(2)11(3)8-13/h6-8,12,14,16H,5H2,1-4H3. The number of hydrogen-bond acceptors (Lipinski definition) is 2. The van der Waals surface area contributed by atoms with Gasteiger partial charge in [-0.1, -0.05) is 25.1 Å². The van der Waals surface area contributed by atoms with Crippen LogP contribution in [0.2, 0.25) is 0 Å². The van der Waals surface area contributed by atoms with Gasteiger partial charge in [0.05, 0.1) is 12.0 Å². The maximum atomic E-state index is 9.12. The predicted octanol–water partition coefficient (Wildman–Crippen LogP) is 3.11. The van der Waals surface area contributed by atoms with Gasteiger partial charge in [0.1, 0.15) is 0 Å². The van der Waals surface area contributed by atoms with Crippen LogP contribution in [-0.4, -0.2) is 7.05 Å². The van der Waals surface area contributed by atoms with Gasteiger partial charge in [0.2, 0.25) is 0 Å². The molecule has 0 saturated heterocycles. The van der Waals surface area contributed by atoms with Gasteiger partial charge >= 0.3 is 0 Å². The summed E-state index contributed by atoms with van der Waals surface area (Å²) in [6.45, 7) is 6.27. The Morgan fingerprint density at radius 2 is 2.00 bits per heavy atom. The van der Waals surface area contributed by atoms with E-state index in [1.807, 2.05) is 7.05 Å². The summed E-state index contributed by atoms with van der Waals surface area (Å²) in [5, 5.41) is 12.4. The first-order chi connectivity index (χ1) is 7.63. The van der Waals surface area contributed by atoms with Gasteiger partial charge in [0.25, 0.3) is 0 Å². The molecule has 86 valence electrons. The molecule has 1 aromatic carbocycles. The van der Waals surface area contributed by atoms with Crippen LogP contribution in [0.5, 0.6) is 0 Å². The maximum Gasteiger partial charge on any atom is 0.0675 e. The van der Waals surface area contributed by atoms with Crippen molar-refractivity contribution in [1.29, 1.82) is 5.26 Å². The van der Waals surface area contributed by atoms with Crippen molar-refractivity contribution in [2.75, 3.05) is 7.05 Å². The number of nitrogens with one attached hydrogen (secondary N) is 1. The lowest BCUT2D eigenvalue weighted by atomic mass is 9.90. The smallest absolute Gasteiger partial charge is 0.0675 e. The normalized spacial score (nSPS) is 14.2. The molecule has 0 spiro atoms. The number of aryl methyl sites for hydroxylation is 2. The Morgan fingerprint density at radius 1 is 1.31 bits per heavy atom. The lowest BCUT2D eigenvalue weighted by Gasteiger charge is -2.21. The molecule has 0 heterocycles. The molecule has 2 unspecified atom stereocenters. The largest absolute Gasteiger partial charge is 0.312 e. The van der Waals surface area contributed by atoms with Crippen molar-refractivity contribution in [1.82, 2.24) is 5.32 Å². The molecule has 2 nitrogen and oxygen atoms in total. The van der Waals surface area contributed by atoms with Crippen molar-refractivity contribution in [3.63, 3.8) is 0 Å². The van der Waals surface area contributed by atoms with E-state index in [2.05, 4.69) is 50.4 Å². The Morgan fingerprint density at radius 3 is 2.44 bits per heavy atom. The Hall–Kier alpha value is -1.33. The molecule has 0 bridgehead atoms. The first-order valence-corrected chi connectivity index (χ1v) is 5.78. The summed E-state index contributed by atoms with van der Waals surface area (Å²) in [4.78, 5) is 0. The SMILES string of the molecule is CCC(C#N)C(NC)c1ccc(C)c(C)c1. The molecule has 1 aromatic rings. The second-order valence-electron chi connectivity index (χ2n) is 4.25. The molecule has 0 saturated carbocycles. The van der Waals surface area contributed by atoms with Crippen LogP contribution in [-0.2, 0) is 0 Å². The maximum absolute atomic E-state index is 9.12. The zero-order valence-electron chi connectivity index (χ0n) is 10.5. The minimum absolute atomic E-state index is 0.0344. The van der Waals surface area contributed by atoms with E-state index in [0.29, 0.717) is 0 Å². The highest BCUT2D eigenvalue weighted by Gasteiger charge is 2.19. The van der Waals surface area contributed by atoms with E-state index in [-0.39, 0.29) is 12.0 Å². The molecule has 0 aromatic heterocycles. The van der Waals surface area contributed by atoms with E-state index in [9.17, 15) is 0 Å². The van der Waals surface area contributed by atoms with Gasteiger partial charge < -0.3 is 5.32 Å². The molecule has 0 aliphatic heterocycles. The highest BCUT2D eigenvalue weighted by atomic mass is 14.9. The Labute approximate surface area is 98.3 Å². The van der Waals surface area contributed by atoms with Crippen molar-refractivity contribution in [2.45, 2.75) is 33.2 Å². The van der Waals surface area contributed by atoms with Crippen molar-refractivity contribution in [3.05, 3.63) is 34.9 Å². The summed E-state index contributed by atoms with van der Waals surface area (Å²) in [5.41, 5.74) is 3.79. The summed E-state index contributed by atoms with van der Waals surface area (Å²) in [6, 6.07) is 8.92. The van der Waals surface area contributed by atoms with Crippen LogP contribution in [0.25, 0.3) is 0 Å². The van der Waals surface area contributed by atoms with Crippen molar-refractivity contribution < 1.29 is 0 Å². The molecule has 0 aliphatic rings. The van der Waals surface area contributed by atoms with Crippen molar-refractivity contribution >= 4 is 0 Å². The van der Waals surface area contributed by atoms with Crippen LogP contribution < -0.4 is 5.32 Å². The van der Waals surface area contributed by atoms with E-state index in [0.717, 1.165) is 6.42 Å². The molecule has 1 N–H and O–H groups in total. The van der Waals surface area contributed by atoms with Crippen molar-refractivity contribution in [2.24, 2.45) is 5.92 Å². The van der Waals surface area contributed by atoms with Gasteiger partial charge in [-0.15, -0.1) is 0 Å². The summed E-state index contributed by atoms with van der Waals surface area (Å²) >= 11 is 0. The third kappa shape index (κ3) is 2.62. The fourth-order valence-electron chi connectivity index (χ4n) is 1.96. The van der Waals surface area contributed by atoms with Crippen molar-refractivity contribution in [3.8, 4) is 6.07 Å². The molecule has 1 rings (SSSR count). The van der Waals surface area contributed by atoms with E-state index < -0.39 is 0 Å². The second kappa shape index (κ2) is 5.67. The van der Waals surface area contributed by atoms with E-state index >= 15 is 0 Å². The number of hydrogen-bond donors (Lipinski definition) is 1. The molecule has 2 heteroatoms. The Bertz CT molecular complexity index is 390. The Balaban J connectivity index is 3.04. The first-order valence-electron chi connectivity index (χ1n) is 5.78. The highest BCUT2D eigenvalue weighted by Crippen LogP contribution is 2.25. The van der Waals surface area contributed by atoms with Crippen LogP contribution >= 0.6 is 0 Å². The molecule has 16 heavy (non-hydrogen) atoms. The number of nitrogens with zero attached hydrogens (tertiary/aromatic N) is 1. The zero-order valence-corrected chi connectivity index (χ0v) is 10.5. The van der Waals surface area contributed by atoms with Crippen LogP contribution in [0.3, 0.4) is 0 Å². The summed E-state index contributed by atoms with van der Waals surface area (Å²) in [7, 11) is 1.92. The average Bonchev–Trinajstić information content (AvgIpc) is 2.29. The highest BCUT2D eigenvalue weighted by molar-refractivity contribution is 5.32. The summed E-state index contributed by atoms with van der Waals surface area (Å²) < 4.78 is 0. The lowest BCUT2D eigenvalue weighted by Crippen LogP contribution is -2.24. The minimum atomic E-state index is 0.0344. The van der Waals surface area contributed by atoms with Gasteiger partial charge in [-0.25, -0.2) is 0 Å². The number of benzene rings is 1. The van der Waals surface area contributed by atoms with Gasteiger partial charge in [0.15, 0.2) is 0 Å². The second-order valence-corrected chi connectivity index (χ2v) is 4.25. The molecule has 0 radical (unpaired) electrons. The molecule has 0 fully saturated rings. The molecular weight excluding hydrogens is 196 g/mol. The van der Waals surface area contributed by atoms with Crippen LogP contribution in [0, 0.1) is 31.1 Å². The summed E-state index contributed by atoms with van der Waals surface area (Å²) in [5.74, 6) is 0.0344. The average molecular weight is 216 g/mol. The van der Waals surface area contributed by atoms with Gasteiger partial charge in [-0.2, -0.15) is 5.26 Å². The van der Waals surface area contributed by atoms with Crippen LogP contribution in [0.4, 0.5) is 0 Å². The molecular formula is C14H20N2. The first kappa shape index (κ1) is 12.7. The molecule has 2 atom stereocenters. The van der Waals surface area contributed by atoms with E-state index in [1.54, 1.807) is 0 Å². The van der Waals surface area contributed by atoms with Gasteiger partial charge in [0, 0.05) is 6.04 Å². The monoisotopic (exact) mass is 216 g/mol. The minimum Gasteiger partial charge on any atom is -0.312 e. The zero-order chi connectivity index (χ0) is 12.1. The fraction of sp³-hybridized carbons (Fsp3) is 0.500.